The molecule has 1 unspecified atom stereocenters. The Morgan fingerprint density at radius 3 is 2.76 bits per heavy atom. The lowest BCUT2D eigenvalue weighted by atomic mass is 10.00. The van der Waals surface area contributed by atoms with E-state index in [0.717, 1.165) is 23.7 Å². The van der Waals surface area contributed by atoms with E-state index in [0.29, 0.717) is 6.04 Å². The van der Waals surface area contributed by atoms with E-state index in [1.165, 1.54) is 16.7 Å². The van der Waals surface area contributed by atoms with Gasteiger partial charge >= 0.3 is 0 Å². The first-order chi connectivity index (χ1) is 10.2. The molecule has 0 aliphatic rings. The molecule has 0 spiro atoms. The smallest absolute Gasteiger partial charge is 0.116 e. The number of thioether (sulfide) groups is 1. The fraction of sp³-hybridized carbons (Fsp3) is 0.412. The second-order valence-electron chi connectivity index (χ2n) is 5.23. The highest BCUT2D eigenvalue weighted by Crippen LogP contribution is 2.25. The van der Waals surface area contributed by atoms with Crippen molar-refractivity contribution in [1.82, 2.24) is 15.3 Å². The van der Waals surface area contributed by atoms with Gasteiger partial charge in [0.25, 0.3) is 0 Å². The van der Waals surface area contributed by atoms with Crippen LogP contribution >= 0.6 is 11.8 Å². The van der Waals surface area contributed by atoms with E-state index in [-0.39, 0.29) is 0 Å². The van der Waals surface area contributed by atoms with Crippen LogP contribution in [0.2, 0.25) is 0 Å². The molecule has 112 valence electrons. The van der Waals surface area contributed by atoms with Crippen molar-refractivity contribution < 1.29 is 0 Å². The normalized spacial score (nSPS) is 12.3. The van der Waals surface area contributed by atoms with Gasteiger partial charge in [0.15, 0.2) is 0 Å². The van der Waals surface area contributed by atoms with Crippen molar-refractivity contribution >= 4 is 11.8 Å². The van der Waals surface area contributed by atoms with Crippen molar-refractivity contribution in [2.45, 2.75) is 38.3 Å². The van der Waals surface area contributed by atoms with Gasteiger partial charge in [0.1, 0.15) is 6.33 Å². The van der Waals surface area contributed by atoms with Crippen LogP contribution in [-0.4, -0.2) is 22.3 Å². The quantitative estimate of drug-likeness (QED) is 0.621. The van der Waals surface area contributed by atoms with Gasteiger partial charge in [0.2, 0.25) is 0 Å². The number of benzene rings is 1. The summed E-state index contributed by atoms with van der Waals surface area (Å²) in [4.78, 5) is 8.25. The molecule has 1 heterocycles. The minimum absolute atomic E-state index is 0.352. The van der Waals surface area contributed by atoms with Gasteiger partial charge in [-0.15, -0.1) is 11.8 Å². The van der Waals surface area contributed by atoms with Gasteiger partial charge in [-0.1, -0.05) is 30.7 Å². The van der Waals surface area contributed by atoms with Crippen LogP contribution in [0.25, 0.3) is 0 Å². The van der Waals surface area contributed by atoms with Crippen molar-refractivity contribution in [3.63, 3.8) is 0 Å². The van der Waals surface area contributed by atoms with Crippen LogP contribution in [0.3, 0.4) is 0 Å². The summed E-state index contributed by atoms with van der Waals surface area (Å²) >= 11 is 1.77. The van der Waals surface area contributed by atoms with Crippen molar-refractivity contribution in [3.8, 4) is 0 Å². The second-order valence-corrected chi connectivity index (χ2v) is 6.27. The Bertz CT molecular complexity index is 557. The molecule has 1 atom stereocenters. The van der Waals surface area contributed by atoms with Crippen LogP contribution in [0.5, 0.6) is 0 Å². The summed E-state index contributed by atoms with van der Waals surface area (Å²) in [5, 5.41) is 4.68. The maximum absolute atomic E-state index is 4.29. The van der Waals surface area contributed by atoms with Crippen LogP contribution in [0.4, 0.5) is 0 Å². The molecule has 1 aromatic carbocycles. The van der Waals surface area contributed by atoms with Crippen molar-refractivity contribution in [3.05, 3.63) is 53.5 Å². The summed E-state index contributed by atoms with van der Waals surface area (Å²) < 4.78 is 0. The Morgan fingerprint density at radius 1 is 1.24 bits per heavy atom. The van der Waals surface area contributed by atoms with Crippen LogP contribution < -0.4 is 5.32 Å². The third-order valence-electron chi connectivity index (χ3n) is 3.39. The minimum Gasteiger partial charge on any atom is -0.309 e. The fourth-order valence-corrected chi connectivity index (χ4v) is 3.24. The largest absolute Gasteiger partial charge is 0.309 e. The molecule has 1 N–H and O–H groups in total. The molecule has 2 rings (SSSR count). The van der Waals surface area contributed by atoms with Gasteiger partial charge < -0.3 is 5.32 Å². The van der Waals surface area contributed by atoms with E-state index >= 15 is 0 Å². The van der Waals surface area contributed by atoms with E-state index < -0.39 is 0 Å². The number of rotatable bonds is 7. The summed E-state index contributed by atoms with van der Waals surface area (Å²) in [6.45, 7) is 7.56. The first kappa shape index (κ1) is 16.0. The molecule has 0 radical (unpaired) electrons. The molecule has 2 aromatic rings. The van der Waals surface area contributed by atoms with Crippen LogP contribution in [0.15, 0.2) is 41.8 Å². The molecule has 0 aliphatic heterocycles. The average Bonchev–Trinajstić information content (AvgIpc) is 2.49. The zero-order valence-electron chi connectivity index (χ0n) is 13.0. The minimum atomic E-state index is 0.352. The Labute approximate surface area is 131 Å². The molecule has 4 heteroatoms. The first-order valence-corrected chi connectivity index (χ1v) is 8.38. The Morgan fingerprint density at radius 2 is 2.10 bits per heavy atom. The van der Waals surface area contributed by atoms with Gasteiger partial charge in [-0.25, -0.2) is 9.97 Å². The SMILES string of the molecule is CCCNC(CSc1ccncn1)c1ccc(C)cc1C. The maximum Gasteiger partial charge on any atom is 0.116 e. The predicted molar refractivity (Wildman–Crippen MR) is 89.7 cm³/mol. The standard InChI is InChI=1S/C17H23N3S/c1-4-8-19-16(11-21-17-7-9-18-12-20-17)15-6-5-13(2)10-14(15)3/h5-7,9-10,12,16,19H,4,8,11H2,1-3H3. The maximum atomic E-state index is 4.29. The number of aryl methyl sites for hydroxylation is 2. The molecule has 0 amide bonds. The summed E-state index contributed by atoms with van der Waals surface area (Å²) in [5.74, 6) is 0.973. The molecule has 0 saturated carbocycles. The summed E-state index contributed by atoms with van der Waals surface area (Å²) in [6.07, 6.45) is 4.54. The molecular formula is C17H23N3S. The van der Waals surface area contributed by atoms with Crippen LogP contribution in [0, 0.1) is 13.8 Å². The summed E-state index contributed by atoms with van der Waals surface area (Å²) in [6, 6.07) is 9.01. The Hall–Kier alpha value is -1.39. The molecule has 0 bridgehead atoms. The Balaban J connectivity index is 2.10. The molecule has 1 aromatic heterocycles. The van der Waals surface area contributed by atoms with E-state index in [1.807, 2.05) is 6.07 Å². The van der Waals surface area contributed by atoms with Gasteiger partial charge in [-0.2, -0.15) is 0 Å². The van der Waals surface area contributed by atoms with Crippen LogP contribution in [-0.2, 0) is 0 Å². The molecule has 21 heavy (non-hydrogen) atoms. The van der Waals surface area contributed by atoms with Crippen molar-refractivity contribution in [1.29, 1.82) is 0 Å². The second kappa shape index (κ2) is 8.15. The van der Waals surface area contributed by atoms with E-state index in [1.54, 1.807) is 24.3 Å². The number of hydrogen-bond donors (Lipinski definition) is 1. The highest BCUT2D eigenvalue weighted by Gasteiger charge is 2.14. The third-order valence-corrected chi connectivity index (χ3v) is 4.43. The zero-order valence-corrected chi connectivity index (χ0v) is 13.8. The van der Waals surface area contributed by atoms with E-state index in [4.69, 9.17) is 0 Å². The zero-order chi connectivity index (χ0) is 15.1. The molecule has 0 aliphatic carbocycles. The van der Waals surface area contributed by atoms with E-state index in [2.05, 4.69) is 54.3 Å². The van der Waals surface area contributed by atoms with Gasteiger partial charge in [-0.05, 0) is 44.0 Å². The number of nitrogens with one attached hydrogen (secondary N) is 1. The van der Waals surface area contributed by atoms with Gasteiger partial charge in [0.05, 0.1) is 5.03 Å². The molecular weight excluding hydrogens is 278 g/mol. The summed E-state index contributed by atoms with van der Waals surface area (Å²) in [5.41, 5.74) is 4.05. The average molecular weight is 301 g/mol. The fourth-order valence-electron chi connectivity index (χ4n) is 2.33. The number of hydrogen-bond acceptors (Lipinski definition) is 4. The van der Waals surface area contributed by atoms with Crippen molar-refractivity contribution in [2.24, 2.45) is 0 Å². The first-order valence-electron chi connectivity index (χ1n) is 7.40. The van der Waals surface area contributed by atoms with Crippen LogP contribution in [0.1, 0.15) is 36.1 Å². The molecule has 0 saturated heterocycles. The summed E-state index contributed by atoms with van der Waals surface area (Å²) in [7, 11) is 0. The van der Waals surface area contributed by atoms with Crippen molar-refractivity contribution in [2.75, 3.05) is 12.3 Å². The number of nitrogens with zero attached hydrogens (tertiary/aromatic N) is 2. The predicted octanol–water partition coefficient (Wildman–Crippen LogP) is 3.93. The van der Waals surface area contributed by atoms with E-state index in [9.17, 15) is 0 Å². The molecule has 0 fully saturated rings. The lowest BCUT2D eigenvalue weighted by molar-refractivity contribution is 0.575. The lowest BCUT2D eigenvalue weighted by Crippen LogP contribution is -2.25. The molecule has 3 nitrogen and oxygen atoms in total. The Kier molecular flexibility index (Phi) is 6.21. The highest BCUT2D eigenvalue weighted by molar-refractivity contribution is 7.99. The van der Waals surface area contributed by atoms with Gasteiger partial charge in [-0.3, -0.25) is 0 Å². The monoisotopic (exact) mass is 301 g/mol. The highest BCUT2D eigenvalue weighted by atomic mass is 32.2. The topological polar surface area (TPSA) is 37.8 Å². The van der Waals surface area contributed by atoms with Gasteiger partial charge in [0, 0.05) is 18.0 Å². The third kappa shape index (κ3) is 4.83. The number of aromatic nitrogens is 2. The lowest BCUT2D eigenvalue weighted by Gasteiger charge is -2.21.